The van der Waals surface area contributed by atoms with Gasteiger partial charge in [-0.2, -0.15) is 5.26 Å². The topological polar surface area (TPSA) is 49.8 Å². The van der Waals surface area contributed by atoms with E-state index in [0.717, 1.165) is 5.39 Å². The molecule has 0 atom stereocenters. The first kappa shape index (κ1) is 6.86. The van der Waals surface area contributed by atoms with Gasteiger partial charge in [-0.25, -0.2) is 0 Å². The third-order valence-corrected chi connectivity index (χ3v) is 1.79. The molecular weight excluding hydrogens is 152 g/mol. The van der Waals surface area contributed by atoms with Crippen molar-refractivity contribution in [2.45, 2.75) is 6.92 Å². The van der Waals surface area contributed by atoms with Crippen molar-refractivity contribution in [1.82, 2.24) is 4.98 Å². The van der Waals surface area contributed by atoms with E-state index in [9.17, 15) is 0 Å². The van der Waals surface area contributed by atoms with Gasteiger partial charge in [0.1, 0.15) is 11.6 Å². The highest BCUT2D eigenvalue weighted by atomic mass is 16.3. The van der Waals surface area contributed by atoms with Crippen molar-refractivity contribution < 1.29 is 4.42 Å². The van der Waals surface area contributed by atoms with Crippen LogP contribution in [0.2, 0.25) is 0 Å². The van der Waals surface area contributed by atoms with Crippen LogP contribution in [0.5, 0.6) is 0 Å². The summed E-state index contributed by atoms with van der Waals surface area (Å²) in [5.74, 6) is 0. The minimum absolute atomic E-state index is 0.525. The van der Waals surface area contributed by atoms with Crippen LogP contribution < -0.4 is 0 Å². The second-order valence-electron chi connectivity index (χ2n) is 2.54. The molecule has 0 fully saturated rings. The summed E-state index contributed by atoms with van der Waals surface area (Å²) in [7, 11) is 0. The van der Waals surface area contributed by atoms with Crippen molar-refractivity contribution >= 4 is 11.0 Å². The Morgan fingerprint density at radius 3 is 3.17 bits per heavy atom. The predicted octanol–water partition coefficient (Wildman–Crippen LogP) is 2.01. The zero-order valence-electron chi connectivity index (χ0n) is 6.53. The fourth-order valence-corrected chi connectivity index (χ4v) is 1.15. The molecule has 0 aliphatic rings. The summed E-state index contributed by atoms with van der Waals surface area (Å²) < 4.78 is 5.16. The second-order valence-corrected chi connectivity index (χ2v) is 2.54. The number of aryl methyl sites for hydroxylation is 1. The van der Waals surface area contributed by atoms with Gasteiger partial charge in [0, 0.05) is 11.6 Å². The van der Waals surface area contributed by atoms with Crippen LogP contribution in [0.1, 0.15) is 11.3 Å². The maximum absolute atomic E-state index is 8.78. The van der Waals surface area contributed by atoms with Gasteiger partial charge >= 0.3 is 0 Å². The van der Waals surface area contributed by atoms with Gasteiger partial charge in [-0.3, -0.25) is 4.98 Å². The van der Waals surface area contributed by atoms with Gasteiger partial charge in [-0.15, -0.1) is 0 Å². The maximum atomic E-state index is 8.78. The van der Waals surface area contributed by atoms with Crippen LogP contribution in [0.25, 0.3) is 11.0 Å². The number of pyridine rings is 1. The zero-order chi connectivity index (χ0) is 8.55. The number of rotatable bonds is 0. The van der Waals surface area contributed by atoms with E-state index in [0.29, 0.717) is 16.8 Å². The van der Waals surface area contributed by atoms with Gasteiger partial charge in [0.15, 0.2) is 5.58 Å². The molecule has 3 heteroatoms. The molecular formula is C9H6N2O. The molecule has 2 rings (SSSR count). The summed E-state index contributed by atoms with van der Waals surface area (Å²) in [6, 6.07) is 3.86. The Kier molecular flexibility index (Phi) is 1.34. The Labute approximate surface area is 69.2 Å². The van der Waals surface area contributed by atoms with Gasteiger partial charge < -0.3 is 4.42 Å². The molecule has 12 heavy (non-hydrogen) atoms. The van der Waals surface area contributed by atoms with E-state index in [-0.39, 0.29) is 0 Å². The summed E-state index contributed by atoms with van der Waals surface area (Å²) in [5.41, 5.74) is 1.86. The summed E-state index contributed by atoms with van der Waals surface area (Å²) in [6.45, 7) is 1.79. The van der Waals surface area contributed by atoms with Crippen LogP contribution in [0.15, 0.2) is 22.9 Å². The summed E-state index contributed by atoms with van der Waals surface area (Å²) >= 11 is 0. The van der Waals surface area contributed by atoms with Crippen molar-refractivity contribution in [2.75, 3.05) is 0 Å². The molecule has 0 N–H and O–H groups in total. The van der Waals surface area contributed by atoms with E-state index < -0.39 is 0 Å². The van der Waals surface area contributed by atoms with Crippen LogP contribution in [0, 0.1) is 18.3 Å². The van der Waals surface area contributed by atoms with Crippen LogP contribution in [-0.4, -0.2) is 4.98 Å². The van der Waals surface area contributed by atoms with Crippen LogP contribution >= 0.6 is 0 Å². The molecule has 0 radical (unpaired) electrons. The normalized spacial score (nSPS) is 10.0. The van der Waals surface area contributed by atoms with Gasteiger partial charge in [-0.1, -0.05) is 0 Å². The van der Waals surface area contributed by atoms with E-state index in [1.807, 2.05) is 0 Å². The Morgan fingerprint density at radius 2 is 2.42 bits per heavy atom. The first-order valence-corrected chi connectivity index (χ1v) is 3.56. The average Bonchev–Trinajstić information content (AvgIpc) is 2.52. The SMILES string of the molecule is Cc1ncc2ccoc2c1C#N. The monoisotopic (exact) mass is 158 g/mol. The van der Waals surface area contributed by atoms with Crippen molar-refractivity contribution in [3.63, 3.8) is 0 Å². The van der Waals surface area contributed by atoms with E-state index >= 15 is 0 Å². The summed E-state index contributed by atoms with van der Waals surface area (Å²) in [6.07, 6.45) is 3.27. The number of hydrogen-bond acceptors (Lipinski definition) is 3. The Hall–Kier alpha value is -1.82. The lowest BCUT2D eigenvalue weighted by Gasteiger charge is -1.94. The lowest BCUT2D eigenvalue weighted by molar-refractivity contribution is 0.614. The highest BCUT2D eigenvalue weighted by Crippen LogP contribution is 2.19. The largest absolute Gasteiger partial charge is 0.463 e. The lowest BCUT2D eigenvalue weighted by Crippen LogP contribution is -1.86. The molecule has 2 heterocycles. The fraction of sp³-hybridized carbons (Fsp3) is 0.111. The molecule has 0 amide bonds. The first-order valence-electron chi connectivity index (χ1n) is 3.56. The number of hydrogen-bond donors (Lipinski definition) is 0. The third kappa shape index (κ3) is 0.785. The van der Waals surface area contributed by atoms with Crippen molar-refractivity contribution in [1.29, 1.82) is 5.26 Å². The van der Waals surface area contributed by atoms with Gasteiger partial charge in [0.05, 0.1) is 12.0 Å². The van der Waals surface area contributed by atoms with Crippen molar-refractivity contribution in [2.24, 2.45) is 0 Å². The third-order valence-electron chi connectivity index (χ3n) is 1.79. The summed E-state index contributed by atoms with van der Waals surface area (Å²) in [4.78, 5) is 4.07. The second kappa shape index (κ2) is 2.35. The molecule has 0 aliphatic carbocycles. The first-order chi connectivity index (χ1) is 5.83. The highest BCUT2D eigenvalue weighted by Gasteiger charge is 2.06. The smallest absolute Gasteiger partial charge is 0.155 e. The number of nitriles is 1. The molecule has 0 saturated carbocycles. The molecule has 58 valence electrons. The predicted molar refractivity (Wildman–Crippen MR) is 43.5 cm³/mol. The number of aromatic nitrogens is 1. The number of fused-ring (bicyclic) bond motifs is 1. The molecule has 0 bridgehead atoms. The number of nitrogens with zero attached hydrogens (tertiary/aromatic N) is 2. The molecule has 0 aliphatic heterocycles. The van der Waals surface area contributed by atoms with E-state index in [4.69, 9.17) is 9.68 Å². The zero-order valence-corrected chi connectivity index (χ0v) is 6.53. The Morgan fingerprint density at radius 1 is 1.58 bits per heavy atom. The quantitative estimate of drug-likeness (QED) is 0.589. The minimum atomic E-state index is 0.525. The van der Waals surface area contributed by atoms with Gasteiger partial charge in [0.25, 0.3) is 0 Å². The van der Waals surface area contributed by atoms with Crippen LogP contribution in [0.3, 0.4) is 0 Å². The van der Waals surface area contributed by atoms with E-state index in [1.165, 1.54) is 0 Å². The molecule has 0 spiro atoms. The molecule has 3 nitrogen and oxygen atoms in total. The number of furan rings is 1. The minimum Gasteiger partial charge on any atom is -0.463 e. The molecule has 0 aromatic carbocycles. The van der Waals surface area contributed by atoms with Crippen molar-refractivity contribution in [3.05, 3.63) is 29.8 Å². The molecule has 2 aromatic rings. The van der Waals surface area contributed by atoms with Gasteiger partial charge in [-0.05, 0) is 13.0 Å². The Balaban J connectivity index is 2.94. The van der Waals surface area contributed by atoms with E-state index in [1.54, 1.807) is 25.5 Å². The highest BCUT2D eigenvalue weighted by molar-refractivity contribution is 5.82. The fourth-order valence-electron chi connectivity index (χ4n) is 1.15. The van der Waals surface area contributed by atoms with Crippen molar-refractivity contribution in [3.8, 4) is 6.07 Å². The standard InChI is InChI=1S/C9H6N2O/c1-6-8(4-10)9-7(5-11-6)2-3-12-9/h2-3,5H,1H3. The summed E-state index contributed by atoms with van der Waals surface area (Å²) in [5, 5.41) is 9.66. The Bertz CT molecular complexity index is 465. The van der Waals surface area contributed by atoms with E-state index in [2.05, 4.69) is 11.1 Å². The van der Waals surface area contributed by atoms with Gasteiger partial charge in [0.2, 0.25) is 0 Å². The molecule has 2 aromatic heterocycles. The average molecular weight is 158 g/mol. The molecule has 0 unspecified atom stereocenters. The molecule has 0 saturated heterocycles. The lowest BCUT2D eigenvalue weighted by atomic mass is 10.2. The van der Waals surface area contributed by atoms with Crippen LogP contribution in [-0.2, 0) is 0 Å². The maximum Gasteiger partial charge on any atom is 0.155 e. The van der Waals surface area contributed by atoms with Crippen LogP contribution in [0.4, 0.5) is 0 Å².